The average Bonchev–Trinajstić information content (AvgIpc) is 3.26. The third kappa shape index (κ3) is 4.22. The van der Waals surface area contributed by atoms with Gasteiger partial charge in [-0.2, -0.15) is 14.9 Å². The van der Waals surface area contributed by atoms with Crippen molar-refractivity contribution in [2.45, 2.75) is 13.3 Å². The second-order valence-electron chi connectivity index (χ2n) is 5.22. The van der Waals surface area contributed by atoms with Gasteiger partial charge in [0.15, 0.2) is 17.3 Å². The van der Waals surface area contributed by atoms with E-state index in [0.717, 1.165) is 15.9 Å². The van der Waals surface area contributed by atoms with Crippen LogP contribution in [0.4, 0.5) is 0 Å². The summed E-state index contributed by atoms with van der Waals surface area (Å²) in [5.74, 6) is 2.06. The fraction of sp³-hybridized carbons (Fsp3) is 0.235. The lowest BCUT2D eigenvalue weighted by molar-refractivity contribution is 0.309. The Bertz CT molecular complexity index is 964. The minimum Gasteiger partial charge on any atom is -0.493 e. The maximum absolute atomic E-state index is 5.61. The van der Waals surface area contributed by atoms with E-state index in [1.165, 1.54) is 4.88 Å². The van der Waals surface area contributed by atoms with Gasteiger partial charge < -0.3 is 9.47 Å². The van der Waals surface area contributed by atoms with Gasteiger partial charge in [-0.1, -0.05) is 6.07 Å². The van der Waals surface area contributed by atoms with Crippen molar-refractivity contribution in [1.29, 1.82) is 0 Å². The number of nitrogens with one attached hydrogen (secondary N) is 1. The maximum Gasteiger partial charge on any atom is 0.216 e. The molecular weight excluding hydrogens is 436 g/mol. The molecule has 0 atom stereocenters. The van der Waals surface area contributed by atoms with Gasteiger partial charge in [-0.15, -0.1) is 11.3 Å². The van der Waals surface area contributed by atoms with Gasteiger partial charge in [-0.25, -0.2) is 0 Å². The number of H-pyrrole nitrogens is 1. The van der Waals surface area contributed by atoms with Crippen molar-refractivity contribution < 1.29 is 9.47 Å². The van der Waals surface area contributed by atoms with E-state index in [1.807, 2.05) is 30.5 Å². The molecule has 0 amide bonds. The average molecular weight is 453 g/mol. The van der Waals surface area contributed by atoms with Crippen LogP contribution in [0.5, 0.6) is 11.5 Å². The standard InChI is InChI=1S/C17H17BrN4O2S2/c1-3-24-16-13(18)7-11(8-14(16)23-2)10-19-22-15(20-21-17(22)25)9-12-5-4-6-26-12/h4-8,10H,3,9H2,1-2H3,(H,21,25)/b19-10-. The van der Waals surface area contributed by atoms with Crippen molar-refractivity contribution in [1.82, 2.24) is 14.9 Å². The lowest BCUT2D eigenvalue weighted by Crippen LogP contribution is -2.00. The Balaban J connectivity index is 1.90. The summed E-state index contributed by atoms with van der Waals surface area (Å²) in [6.45, 7) is 2.48. The minimum atomic E-state index is 0.449. The number of hydrogen-bond acceptors (Lipinski definition) is 6. The number of methoxy groups -OCH3 is 1. The summed E-state index contributed by atoms with van der Waals surface area (Å²) < 4.78 is 13.9. The second-order valence-corrected chi connectivity index (χ2v) is 7.50. The number of aromatic nitrogens is 3. The monoisotopic (exact) mass is 452 g/mol. The van der Waals surface area contributed by atoms with Gasteiger partial charge in [-0.3, -0.25) is 5.10 Å². The number of nitrogens with zero attached hydrogens (tertiary/aromatic N) is 3. The minimum absolute atomic E-state index is 0.449. The normalized spacial score (nSPS) is 11.2. The van der Waals surface area contributed by atoms with E-state index in [1.54, 1.807) is 29.3 Å². The van der Waals surface area contributed by atoms with Gasteiger partial charge in [0.1, 0.15) is 0 Å². The first kappa shape index (κ1) is 18.8. The zero-order chi connectivity index (χ0) is 18.5. The molecule has 0 radical (unpaired) electrons. The molecule has 9 heteroatoms. The summed E-state index contributed by atoms with van der Waals surface area (Å²) in [6, 6.07) is 7.85. The van der Waals surface area contributed by atoms with Crippen LogP contribution in [0.2, 0.25) is 0 Å². The van der Waals surface area contributed by atoms with E-state index in [0.29, 0.717) is 29.3 Å². The van der Waals surface area contributed by atoms with Crippen LogP contribution in [-0.2, 0) is 6.42 Å². The molecular formula is C17H17BrN4O2S2. The molecule has 3 rings (SSSR count). The number of hydrogen-bond donors (Lipinski definition) is 1. The van der Waals surface area contributed by atoms with Crippen molar-refractivity contribution in [3.63, 3.8) is 0 Å². The van der Waals surface area contributed by atoms with Gasteiger partial charge >= 0.3 is 0 Å². The smallest absolute Gasteiger partial charge is 0.216 e. The maximum atomic E-state index is 5.61. The highest BCUT2D eigenvalue weighted by molar-refractivity contribution is 9.10. The third-order valence-electron chi connectivity index (χ3n) is 3.49. The van der Waals surface area contributed by atoms with Gasteiger partial charge in [0, 0.05) is 11.3 Å². The molecule has 0 aliphatic heterocycles. The van der Waals surface area contributed by atoms with E-state index in [4.69, 9.17) is 21.7 Å². The predicted octanol–water partition coefficient (Wildman–Crippen LogP) is 4.64. The molecule has 136 valence electrons. The zero-order valence-electron chi connectivity index (χ0n) is 14.2. The first-order chi connectivity index (χ1) is 12.6. The molecule has 2 aromatic heterocycles. The van der Waals surface area contributed by atoms with Gasteiger partial charge in [-0.05, 0) is 64.2 Å². The van der Waals surface area contributed by atoms with Crippen LogP contribution in [0.15, 0.2) is 39.2 Å². The van der Waals surface area contributed by atoms with Crippen molar-refractivity contribution in [2.24, 2.45) is 5.10 Å². The molecule has 6 nitrogen and oxygen atoms in total. The fourth-order valence-electron chi connectivity index (χ4n) is 2.35. The molecule has 1 aromatic carbocycles. The Morgan fingerprint density at radius 2 is 2.31 bits per heavy atom. The molecule has 0 spiro atoms. The first-order valence-corrected chi connectivity index (χ1v) is 9.93. The summed E-state index contributed by atoms with van der Waals surface area (Å²) in [6.07, 6.45) is 2.38. The number of aromatic amines is 1. The highest BCUT2D eigenvalue weighted by Crippen LogP contribution is 2.36. The van der Waals surface area contributed by atoms with Crippen molar-refractivity contribution in [2.75, 3.05) is 13.7 Å². The Kier molecular flexibility index (Phi) is 6.23. The third-order valence-corrected chi connectivity index (χ3v) is 5.22. The molecule has 26 heavy (non-hydrogen) atoms. The lowest BCUT2D eigenvalue weighted by Gasteiger charge is -2.12. The molecule has 2 heterocycles. The molecule has 0 unspecified atom stereocenters. The number of rotatable bonds is 7. The quantitative estimate of drug-likeness (QED) is 0.418. The highest BCUT2D eigenvalue weighted by atomic mass is 79.9. The van der Waals surface area contributed by atoms with Crippen LogP contribution in [0.1, 0.15) is 23.2 Å². The molecule has 1 N–H and O–H groups in total. The molecule has 3 aromatic rings. The number of thiophene rings is 1. The molecule has 0 aliphatic carbocycles. The first-order valence-electron chi connectivity index (χ1n) is 7.85. The van der Waals surface area contributed by atoms with Gasteiger partial charge in [0.2, 0.25) is 4.77 Å². The summed E-state index contributed by atoms with van der Waals surface area (Å²) in [4.78, 5) is 1.20. The molecule has 0 bridgehead atoms. The largest absolute Gasteiger partial charge is 0.493 e. The van der Waals surface area contributed by atoms with Gasteiger partial charge in [0.25, 0.3) is 0 Å². The van der Waals surface area contributed by atoms with E-state index >= 15 is 0 Å². The summed E-state index contributed by atoms with van der Waals surface area (Å²) in [7, 11) is 1.61. The summed E-state index contributed by atoms with van der Waals surface area (Å²) in [5.41, 5.74) is 0.849. The molecule has 0 fully saturated rings. The van der Waals surface area contributed by atoms with Crippen LogP contribution in [0.3, 0.4) is 0 Å². The lowest BCUT2D eigenvalue weighted by atomic mass is 10.2. The van der Waals surface area contributed by atoms with Crippen molar-refractivity contribution in [3.8, 4) is 11.5 Å². The fourth-order valence-corrected chi connectivity index (χ4v) is 3.82. The SMILES string of the molecule is CCOc1c(Br)cc(/C=N\n2c(Cc3cccs3)n[nH]c2=S)cc1OC. The molecule has 0 saturated carbocycles. The van der Waals surface area contributed by atoms with Gasteiger partial charge in [0.05, 0.1) is 24.4 Å². The number of ether oxygens (including phenoxy) is 2. The summed E-state index contributed by atoms with van der Waals surface area (Å²) in [5, 5.41) is 13.6. The second kappa shape index (κ2) is 8.61. The highest BCUT2D eigenvalue weighted by Gasteiger charge is 2.11. The van der Waals surface area contributed by atoms with Crippen molar-refractivity contribution in [3.05, 3.63) is 55.2 Å². The zero-order valence-corrected chi connectivity index (χ0v) is 17.4. The Morgan fingerprint density at radius 1 is 1.46 bits per heavy atom. The van der Waals surface area contributed by atoms with Crippen LogP contribution in [0.25, 0.3) is 0 Å². The molecule has 0 aliphatic rings. The van der Waals surface area contributed by atoms with E-state index in [9.17, 15) is 0 Å². The Labute approximate surface area is 168 Å². The Hall–Kier alpha value is -1.97. The topological polar surface area (TPSA) is 64.4 Å². The van der Waals surface area contributed by atoms with Crippen LogP contribution in [0, 0.1) is 4.77 Å². The molecule has 0 saturated heterocycles. The van der Waals surface area contributed by atoms with Crippen LogP contribution in [-0.4, -0.2) is 34.8 Å². The van der Waals surface area contributed by atoms with E-state index < -0.39 is 0 Å². The Morgan fingerprint density at radius 3 is 3.00 bits per heavy atom. The predicted molar refractivity (Wildman–Crippen MR) is 109 cm³/mol. The van der Waals surface area contributed by atoms with E-state index in [-0.39, 0.29) is 0 Å². The van der Waals surface area contributed by atoms with Crippen LogP contribution >= 0.6 is 39.5 Å². The van der Waals surface area contributed by atoms with E-state index in [2.05, 4.69) is 37.3 Å². The number of halogens is 1. The number of benzene rings is 1. The van der Waals surface area contributed by atoms with Crippen LogP contribution < -0.4 is 9.47 Å². The summed E-state index contributed by atoms with van der Waals surface area (Å²) >= 11 is 10.5. The van der Waals surface area contributed by atoms with Crippen molar-refractivity contribution >= 4 is 45.7 Å².